The number of carbonyl (C=O) groups excluding carboxylic acids is 4. The molecule has 2 atom stereocenters. The molecular weight excluding hydrogens is 503 g/mol. The predicted octanol–water partition coefficient (Wildman–Crippen LogP) is 3.21. The molecule has 0 unspecified atom stereocenters. The average molecular weight is 528 g/mol. The maximum absolute atomic E-state index is 13.0. The van der Waals surface area contributed by atoms with Crippen molar-refractivity contribution in [1.82, 2.24) is 16.0 Å². The molecule has 0 saturated carbocycles. The number of alkyl halides is 3. The van der Waals surface area contributed by atoms with Gasteiger partial charge < -0.3 is 20.7 Å². The zero-order chi connectivity index (χ0) is 27.0. The molecule has 8 nitrogen and oxygen atoms in total. The van der Waals surface area contributed by atoms with Crippen molar-refractivity contribution in [3.05, 3.63) is 64.7 Å². The van der Waals surface area contributed by atoms with Crippen molar-refractivity contribution < 1.29 is 37.1 Å². The minimum atomic E-state index is -5.16. The topological polar surface area (TPSA) is 114 Å². The third kappa shape index (κ3) is 7.98. The number of hydrogen-bond donors (Lipinski definition) is 3. The summed E-state index contributed by atoms with van der Waals surface area (Å²) in [4.78, 5) is 49.7. The zero-order valence-electron chi connectivity index (χ0n) is 19.6. The van der Waals surface area contributed by atoms with Gasteiger partial charge in [-0.1, -0.05) is 43.6 Å². The largest absolute Gasteiger partial charge is 0.497 e. The van der Waals surface area contributed by atoms with E-state index in [0.29, 0.717) is 10.8 Å². The van der Waals surface area contributed by atoms with Gasteiger partial charge in [-0.05, 0) is 41.8 Å². The summed E-state index contributed by atoms with van der Waals surface area (Å²) in [5.74, 6) is -5.00. The van der Waals surface area contributed by atoms with Crippen LogP contribution in [-0.4, -0.2) is 49.4 Å². The summed E-state index contributed by atoms with van der Waals surface area (Å²) < 4.78 is 44.2. The molecule has 12 heteroatoms. The van der Waals surface area contributed by atoms with E-state index in [1.807, 2.05) is 0 Å². The van der Waals surface area contributed by atoms with E-state index in [9.17, 15) is 32.3 Å². The SMILES string of the molecule is COc1ccc([C@H](NC(=O)CNC(=O)c2cccc(Cl)c2)C(=O)N[C@H](C(=O)C(F)(F)F)C(C)C)cc1. The van der Waals surface area contributed by atoms with E-state index >= 15 is 0 Å². The summed E-state index contributed by atoms with van der Waals surface area (Å²) in [5.41, 5.74) is 0.412. The van der Waals surface area contributed by atoms with Crippen LogP contribution in [0.2, 0.25) is 5.02 Å². The van der Waals surface area contributed by atoms with E-state index in [4.69, 9.17) is 16.3 Å². The molecule has 0 fully saturated rings. The van der Waals surface area contributed by atoms with Crippen LogP contribution >= 0.6 is 11.6 Å². The molecule has 2 aromatic carbocycles. The van der Waals surface area contributed by atoms with Gasteiger partial charge in [0.1, 0.15) is 11.8 Å². The van der Waals surface area contributed by atoms with Gasteiger partial charge in [-0.15, -0.1) is 0 Å². The van der Waals surface area contributed by atoms with Crippen molar-refractivity contribution in [3.8, 4) is 5.75 Å². The predicted molar refractivity (Wildman–Crippen MR) is 125 cm³/mol. The second kappa shape index (κ2) is 12.4. The number of Topliss-reactive ketones (excluding diaryl/α,β-unsaturated/α-hetero) is 1. The van der Waals surface area contributed by atoms with Crippen LogP contribution in [0.25, 0.3) is 0 Å². The lowest BCUT2D eigenvalue weighted by atomic mass is 9.98. The van der Waals surface area contributed by atoms with E-state index in [-0.39, 0.29) is 11.1 Å². The molecule has 0 aliphatic heterocycles. The van der Waals surface area contributed by atoms with Gasteiger partial charge in [0.05, 0.1) is 19.7 Å². The van der Waals surface area contributed by atoms with Crippen LogP contribution in [0.5, 0.6) is 5.75 Å². The highest BCUT2D eigenvalue weighted by Crippen LogP contribution is 2.23. The summed E-state index contributed by atoms with van der Waals surface area (Å²) in [6, 6.07) is 8.51. The van der Waals surface area contributed by atoms with Gasteiger partial charge in [0.25, 0.3) is 11.7 Å². The van der Waals surface area contributed by atoms with Crippen LogP contribution in [0, 0.1) is 5.92 Å². The first-order valence-corrected chi connectivity index (χ1v) is 11.1. The smallest absolute Gasteiger partial charge is 0.452 e. The molecule has 0 aliphatic rings. The number of nitrogens with one attached hydrogen (secondary N) is 3. The average Bonchev–Trinajstić information content (AvgIpc) is 2.83. The number of ketones is 1. The Bertz CT molecular complexity index is 1110. The molecule has 0 bridgehead atoms. The minimum absolute atomic E-state index is 0.199. The van der Waals surface area contributed by atoms with E-state index in [1.165, 1.54) is 57.4 Å². The second-order valence-corrected chi connectivity index (χ2v) is 8.50. The Morgan fingerprint density at radius 2 is 1.64 bits per heavy atom. The van der Waals surface area contributed by atoms with Crippen molar-refractivity contribution >= 4 is 35.1 Å². The first kappa shape index (κ1) is 28.6. The van der Waals surface area contributed by atoms with Gasteiger partial charge in [0, 0.05) is 10.6 Å². The molecule has 0 aliphatic carbocycles. The van der Waals surface area contributed by atoms with Gasteiger partial charge in [-0.2, -0.15) is 13.2 Å². The molecule has 2 aromatic rings. The number of halogens is 4. The summed E-state index contributed by atoms with van der Waals surface area (Å²) in [6.07, 6.45) is -5.16. The Kier molecular flexibility index (Phi) is 9.85. The maximum Gasteiger partial charge on any atom is 0.452 e. The fourth-order valence-corrected chi connectivity index (χ4v) is 3.34. The van der Waals surface area contributed by atoms with Crippen LogP contribution in [0.4, 0.5) is 13.2 Å². The van der Waals surface area contributed by atoms with Gasteiger partial charge >= 0.3 is 6.18 Å². The maximum atomic E-state index is 13.0. The zero-order valence-corrected chi connectivity index (χ0v) is 20.4. The number of hydrogen-bond acceptors (Lipinski definition) is 5. The van der Waals surface area contributed by atoms with Crippen molar-refractivity contribution in [3.63, 3.8) is 0 Å². The quantitative estimate of drug-likeness (QED) is 0.439. The highest BCUT2D eigenvalue weighted by Gasteiger charge is 2.45. The van der Waals surface area contributed by atoms with Gasteiger partial charge in [0.2, 0.25) is 11.8 Å². The number of carbonyl (C=O) groups is 4. The first-order chi connectivity index (χ1) is 16.8. The normalized spacial score (nSPS) is 12.9. The summed E-state index contributed by atoms with van der Waals surface area (Å²) in [5, 5.41) is 7.17. The summed E-state index contributed by atoms with van der Waals surface area (Å²) in [6.45, 7) is 2.15. The molecule has 36 heavy (non-hydrogen) atoms. The lowest BCUT2D eigenvalue weighted by molar-refractivity contribution is -0.175. The fourth-order valence-electron chi connectivity index (χ4n) is 3.15. The molecule has 0 heterocycles. The molecule has 3 N–H and O–H groups in total. The molecular formula is C24H25ClF3N3O5. The van der Waals surface area contributed by atoms with E-state index in [0.717, 1.165) is 0 Å². The lowest BCUT2D eigenvalue weighted by Crippen LogP contribution is -2.53. The lowest BCUT2D eigenvalue weighted by Gasteiger charge is -2.26. The van der Waals surface area contributed by atoms with Gasteiger partial charge in [-0.25, -0.2) is 0 Å². The van der Waals surface area contributed by atoms with Crippen molar-refractivity contribution in [1.29, 1.82) is 0 Å². The van der Waals surface area contributed by atoms with Crippen LogP contribution in [0.15, 0.2) is 48.5 Å². The number of benzene rings is 2. The molecule has 2 rings (SSSR count). The Morgan fingerprint density at radius 1 is 1.00 bits per heavy atom. The monoisotopic (exact) mass is 527 g/mol. The minimum Gasteiger partial charge on any atom is -0.497 e. The van der Waals surface area contributed by atoms with Crippen molar-refractivity contribution in [2.45, 2.75) is 32.1 Å². The Labute approximate surface area is 210 Å². The Morgan fingerprint density at radius 3 is 2.17 bits per heavy atom. The van der Waals surface area contributed by atoms with Crippen LogP contribution in [0.1, 0.15) is 35.8 Å². The number of ether oxygens (including phenoxy) is 1. The molecule has 0 spiro atoms. The molecule has 0 aromatic heterocycles. The fraction of sp³-hybridized carbons (Fsp3) is 0.333. The highest BCUT2D eigenvalue weighted by molar-refractivity contribution is 6.31. The third-order valence-electron chi connectivity index (χ3n) is 5.04. The van der Waals surface area contributed by atoms with Crippen LogP contribution in [0.3, 0.4) is 0 Å². The van der Waals surface area contributed by atoms with E-state index in [2.05, 4.69) is 16.0 Å². The first-order valence-electron chi connectivity index (χ1n) is 10.7. The number of methoxy groups -OCH3 is 1. The van der Waals surface area contributed by atoms with Crippen LogP contribution < -0.4 is 20.7 Å². The Balaban J connectivity index is 2.21. The van der Waals surface area contributed by atoms with Crippen molar-refractivity contribution in [2.75, 3.05) is 13.7 Å². The summed E-state index contributed by atoms with van der Waals surface area (Å²) in [7, 11) is 1.42. The van der Waals surface area contributed by atoms with Crippen molar-refractivity contribution in [2.24, 2.45) is 5.92 Å². The molecule has 194 valence electrons. The second-order valence-electron chi connectivity index (χ2n) is 8.06. The highest BCUT2D eigenvalue weighted by atomic mass is 35.5. The molecule has 3 amide bonds. The Hall–Kier alpha value is -3.60. The van der Waals surface area contributed by atoms with E-state index in [1.54, 1.807) is 12.1 Å². The molecule has 0 radical (unpaired) electrons. The standard InChI is InChI=1S/C24H25ClF3N3O5/c1-13(2)19(21(33)24(26,27)28)31-23(35)20(14-7-9-17(36-3)10-8-14)30-18(32)12-29-22(34)15-5-4-6-16(25)11-15/h4-11,13,19-20H,12H2,1-3H3,(H,29,34)(H,30,32)(H,31,35)/t19-,20-/m0/s1. The van der Waals surface area contributed by atoms with E-state index < -0.39 is 54.2 Å². The summed E-state index contributed by atoms with van der Waals surface area (Å²) >= 11 is 5.85. The van der Waals surface area contributed by atoms with Crippen LogP contribution in [-0.2, 0) is 14.4 Å². The third-order valence-corrected chi connectivity index (χ3v) is 5.27. The number of amides is 3. The van der Waals surface area contributed by atoms with Gasteiger partial charge in [0.15, 0.2) is 0 Å². The molecule has 0 saturated heterocycles. The van der Waals surface area contributed by atoms with Gasteiger partial charge in [-0.3, -0.25) is 19.2 Å². The number of rotatable bonds is 10.